The van der Waals surface area contributed by atoms with Crippen LogP contribution in [0.3, 0.4) is 0 Å². The summed E-state index contributed by atoms with van der Waals surface area (Å²) in [6, 6.07) is 24.0. The summed E-state index contributed by atoms with van der Waals surface area (Å²) < 4.78 is 0. The van der Waals surface area contributed by atoms with Crippen LogP contribution in [0.15, 0.2) is 72.8 Å². The summed E-state index contributed by atoms with van der Waals surface area (Å²) in [6.45, 7) is 5.07. The van der Waals surface area contributed by atoms with Gasteiger partial charge in [0.2, 0.25) is 5.95 Å². The summed E-state index contributed by atoms with van der Waals surface area (Å²) in [5.74, 6) is 1.58. The van der Waals surface area contributed by atoms with Crippen LogP contribution in [-0.4, -0.2) is 41.0 Å². The lowest BCUT2D eigenvalue weighted by molar-refractivity contribution is 0.249. The molecule has 168 valence electrons. The van der Waals surface area contributed by atoms with Crippen molar-refractivity contribution in [2.45, 2.75) is 13.1 Å². The molecule has 33 heavy (non-hydrogen) atoms. The molecular weight excluding hydrogens is 453 g/mol. The minimum Gasteiger partial charge on any atom is -0.365 e. The number of fused-ring (bicyclic) bond motifs is 1. The van der Waals surface area contributed by atoms with E-state index >= 15 is 0 Å². The Labute approximate surface area is 204 Å². The quantitative estimate of drug-likeness (QED) is 0.376. The number of piperazine rings is 1. The molecule has 3 aromatic carbocycles. The fourth-order valence-electron chi connectivity index (χ4n) is 4.13. The summed E-state index contributed by atoms with van der Waals surface area (Å²) in [5, 5.41) is 6.06. The van der Waals surface area contributed by atoms with Crippen molar-refractivity contribution in [1.29, 1.82) is 0 Å². The average molecular weight is 478 g/mol. The molecule has 0 spiro atoms. The predicted molar refractivity (Wildman–Crippen MR) is 137 cm³/mol. The van der Waals surface area contributed by atoms with Gasteiger partial charge in [-0.05, 0) is 35.4 Å². The number of nitrogens with one attached hydrogen (secondary N) is 1. The predicted octanol–water partition coefficient (Wildman–Crippen LogP) is 5.87. The van der Waals surface area contributed by atoms with Crippen molar-refractivity contribution in [2.24, 2.45) is 0 Å². The van der Waals surface area contributed by atoms with Crippen molar-refractivity contribution >= 4 is 45.9 Å². The molecule has 0 bridgehead atoms. The van der Waals surface area contributed by atoms with E-state index in [-0.39, 0.29) is 0 Å². The molecule has 1 aliphatic rings. The van der Waals surface area contributed by atoms with Crippen molar-refractivity contribution in [3.63, 3.8) is 0 Å². The van der Waals surface area contributed by atoms with E-state index < -0.39 is 0 Å². The molecule has 0 radical (unpaired) electrons. The van der Waals surface area contributed by atoms with Crippen molar-refractivity contribution in [2.75, 3.05) is 36.4 Å². The Morgan fingerprint density at radius 1 is 0.727 bits per heavy atom. The SMILES string of the molecule is Clc1ccccc1CNc1nc(N2CCN(Cc3ccccc3Cl)CC2)nc2ccccc12. The molecule has 0 amide bonds. The Hall–Kier alpha value is -2.86. The first-order chi connectivity index (χ1) is 16.2. The van der Waals surface area contributed by atoms with Crippen LogP contribution >= 0.6 is 23.2 Å². The second-order valence-corrected chi connectivity index (χ2v) is 9.00. The summed E-state index contributed by atoms with van der Waals surface area (Å²) in [4.78, 5) is 14.5. The van der Waals surface area contributed by atoms with Crippen LogP contribution < -0.4 is 10.2 Å². The van der Waals surface area contributed by atoms with Gasteiger partial charge in [-0.15, -0.1) is 0 Å². The van der Waals surface area contributed by atoms with E-state index in [1.807, 2.05) is 60.7 Å². The number of benzene rings is 3. The van der Waals surface area contributed by atoms with Gasteiger partial charge in [0.1, 0.15) is 5.82 Å². The third-order valence-corrected chi connectivity index (χ3v) is 6.74. The second-order valence-electron chi connectivity index (χ2n) is 8.19. The van der Waals surface area contributed by atoms with Gasteiger partial charge in [0, 0.05) is 54.7 Å². The van der Waals surface area contributed by atoms with Gasteiger partial charge in [0.25, 0.3) is 0 Å². The van der Waals surface area contributed by atoms with Gasteiger partial charge >= 0.3 is 0 Å². The van der Waals surface area contributed by atoms with Crippen LogP contribution in [0.5, 0.6) is 0 Å². The molecule has 5 nitrogen and oxygen atoms in total. The van der Waals surface area contributed by atoms with E-state index in [1.54, 1.807) is 0 Å². The Balaban J connectivity index is 1.32. The Kier molecular flexibility index (Phi) is 6.63. The Morgan fingerprint density at radius 3 is 2.09 bits per heavy atom. The number of halogens is 2. The molecule has 7 heteroatoms. The van der Waals surface area contributed by atoms with E-state index in [1.165, 1.54) is 5.56 Å². The molecule has 2 heterocycles. The fraction of sp³-hybridized carbons (Fsp3) is 0.231. The first kappa shape index (κ1) is 22.0. The topological polar surface area (TPSA) is 44.3 Å². The molecule has 1 N–H and O–H groups in total. The number of hydrogen-bond acceptors (Lipinski definition) is 5. The standard InChI is InChI=1S/C26H25Cl2N5/c27-22-10-4-1-7-19(22)17-29-25-21-9-3-6-12-24(21)30-26(31-25)33-15-13-32(14-16-33)18-20-8-2-5-11-23(20)28/h1-12H,13-18H2,(H,29,30,31). The van der Waals surface area contributed by atoms with Crippen molar-refractivity contribution in [3.8, 4) is 0 Å². The highest BCUT2D eigenvalue weighted by Gasteiger charge is 2.21. The van der Waals surface area contributed by atoms with Gasteiger partial charge < -0.3 is 10.2 Å². The third-order valence-electron chi connectivity index (χ3n) is 6.00. The average Bonchev–Trinajstić information content (AvgIpc) is 2.85. The van der Waals surface area contributed by atoms with Crippen LogP contribution in [0, 0.1) is 0 Å². The molecule has 0 saturated carbocycles. The first-order valence-electron chi connectivity index (χ1n) is 11.1. The van der Waals surface area contributed by atoms with Gasteiger partial charge in [0.15, 0.2) is 0 Å². The maximum absolute atomic E-state index is 6.35. The van der Waals surface area contributed by atoms with E-state index in [2.05, 4.69) is 27.2 Å². The Bertz CT molecular complexity index is 1250. The number of aromatic nitrogens is 2. The van der Waals surface area contributed by atoms with Crippen molar-refractivity contribution in [3.05, 3.63) is 94.0 Å². The maximum Gasteiger partial charge on any atom is 0.227 e. The third kappa shape index (κ3) is 5.06. The molecule has 5 rings (SSSR count). The lowest BCUT2D eigenvalue weighted by atomic mass is 10.2. The smallest absolute Gasteiger partial charge is 0.227 e. The minimum atomic E-state index is 0.603. The molecule has 4 aromatic rings. The summed E-state index contributed by atoms with van der Waals surface area (Å²) in [6.07, 6.45) is 0. The van der Waals surface area contributed by atoms with E-state index in [0.29, 0.717) is 6.54 Å². The molecule has 1 aromatic heterocycles. The summed E-state index contributed by atoms with van der Waals surface area (Å²) in [7, 11) is 0. The number of anilines is 2. The number of hydrogen-bond donors (Lipinski definition) is 1. The summed E-state index contributed by atoms with van der Waals surface area (Å²) in [5.41, 5.74) is 3.14. The second kappa shape index (κ2) is 9.96. The highest BCUT2D eigenvalue weighted by molar-refractivity contribution is 6.31. The number of nitrogens with zero attached hydrogens (tertiary/aromatic N) is 4. The normalized spacial score (nSPS) is 14.5. The lowest BCUT2D eigenvalue weighted by Crippen LogP contribution is -2.46. The van der Waals surface area contributed by atoms with Crippen molar-refractivity contribution in [1.82, 2.24) is 14.9 Å². The van der Waals surface area contributed by atoms with Crippen LogP contribution in [0.2, 0.25) is 10.0 Å². The molecule has 1 aliphatic heterocycles. The van der Waals surface area contributed by atoms with E-state index in [4.69, 9.17) is 33.2 Å². The zero-order chi connectivity index (χ0) is 22.6. The Morgan fingerprint density at radius 2 is 1.36 bits per heavy atom. The lowest BCUT2D eigenvalue weighted by Gasteiger charge is -2.35. The minimum absolute atomic E-state index is 0.603. The zero-order valence-corrected chi connectivity index (χ0v) is 19.7. The van der Waals surface area contributed by atoms with Crippen LogP contribution in [0.25, 0.3) is 10.9 Å². The van der Waals surface area contributed by atoms with Gasteiger partial charge in [-0.3, -0.25) is 4.90 Å². The highest BCUT2D eigenvalue weighted by Crippen LogP contribution is 2.26. The van der Waals surface area contributed by atoms with Gasteiger partial charge in [0.05, 0.1) is 5.52 Å². The van der Waals surface area contributed by atoms with Gasteiger partial charge in [-0.1, -0.05) is 71.7 Å². The number of rotatable bonds is 6. The van der Waals surface area contributed by atoms with Crippen LogP contribution in [-0.2, 0) is 13.1 Å². The molecule has 0 aliphatic carbocycles. The first-order valence-corrected chi connectivity index (χ1v) is 11.9. The zero-order valence-electron chi connectivity index (χ0n) is 18.2. The summed E-state index contributed by atoms with van der Waals surface area (Å²) >= 11 is 12.7. The molecule has 0 unspecified atom stereocenters. The van der Waals surface area contributed by atoms with Crippen molar-refractivity contribution < 1.29 is 0 Å². The fourth-order valence-corrected chi connectivity index (χ4v) is 4.53. The van der Waals surface area contributed by atoms with E-state index in [0.717, 1.165) is 71.0 Å². The van der Waals surface area contributed by atoms with Crippen LogP contribution in [0.1, 0.15) is 11.1 Å². The molecule has 1 fully saturated rings. The molecule has 0 atom stereocenters. The number of para-hydroxylation sites is 1. The highest BCUT2D eigenvalue weighted by atomic mass is 35.5. The maximum atomic E-state index is 6.35. The monoisotopic (exact) mass is 477 g/mol. The molecule has 1 saturated heterocycles. The van der Waals surface area contributed by atoms with Gasteiger partial charge in [-0.2, -0.15) is 4.98 Å². The van der Waals surface area contributed by atoms with E-state index in [9.17, 15) is 0 Å². The molecular formula is C26H25Cl2N5. The van der Waals surface area contributed by atoms with Gasteiger partial charge in [-0.25, -0.2) is 4.98 Å². The largest absolute Gasteiger partial charge is 0.365 e. The van der Waals surface area contributed by atoms with Crippen LogP contribution in [0.4, 0.5) is 11.8 Å².